The maximum atomic E-state index is 12.2. The molecular weight excluding hydrogens is 314 g/mol. The molecule has 0 spiro atoms. The van der Waals surface area contributed by atoms with Crippen LogP contribution in [0.5, 0.6) is 0 Å². The summed E-state index contributed by atoms with van der Waals surface area (Å²) < 4.78 is 1.89. The third-order valence-electron chi connectivity index (χ3n) is 4.81. The first-order valence-corrected chi connectivity index (χ1v) is 8.84. The molecule has 5 nitrogen and oxygen atoms in total. The Labute approximate surface area is 148 Å². The van der Waals surface area contributed by atoms with Gasteiger partial charge in [-0.05, 0) is 44.9 Å². The van der Waals surface area contributed by atoms with Gasteiger partial charge >= 0.3 is 0 Å². The van der Waals surface area contributed by atoms with Crippen molar-refractivity contribution in [3.63, 3.8) is 0 Å². The van der Waals surface area contributed by atoms with Gasteiger partial charge in [-0.25, -0.2) is 4.68 Å². The van der Waals surface area contributed by atoms with E-state index in [2.05, 4.69) is 10.4 Å². The van der Waals surface area contributed by atoms with Crippen molar-refractivity contribution in [1.29, 1.82) is 0 Å². The summed E-state index contributed by atoms with van der Waals surface area (Å²) in [6.07, 6.45) is 6.58. The Balaban J connectivity index is 1.73. The second kappa shape index (κ2) is 7.66. The Kier molecular flexibility index (Phi) is 5.34. The number of hydrogen-bond donors (Lipinski definition) is 2. The van der Waals surface area contributed by atoms with Gasteiger partial charge in [0.05, 0.1) is 23.5 Å². The van der Waals surface area contributed by atoms with Crippen molar-refractivity contribution in [2.24, 2.45) is 0 Å². The summed E-state index contributed by atoms with van der Waals surface area (Å²) in [5.74, 6) is -0.169. The highest BCUT2D eigenvalue weighted by molar-refractivity contribution is 5.92. The van der Waals surface area contributed by atoms with Gasteiger partial charge in [0.15, 0.2) is 0 Å². The number of rotatable bonds is 4. The third kappa shape index (κ3) is 3.99. The van der Waals surface area contributed by atoms with E-state index in [1.54, 1.807) is 0 Å². The molecule has 132 valence electrons. The van der Waals surface area contributed by atoms with Crippen LogP contribution >= 0.6 is 0 Å². The first-order chi connectivity index (χ1) is 12.1. The zero-order chi connectivity index (χ0) is 17.8. The van der Waals surface area contributed by atoms with Crippen molar-refractivity contribution in [3.8, 4) is 5.69 Å². The van der Waals surface area contributed by atoms with E-state index in [1.165, 1.54) is 6.08 Å². The van der Waals surface area contributed by atoms with Crippen LogP contribution in [-0.2, 0) is 4.79 Å². The number of para-hydroxylation sites is 1. The number of amides is 1. The average molecular weight is 339 g/mol. The van der Waals surface area contributed by atoms with Crippen LogP contribution in [0.1, 0.15) is 42.6 Å². The lowest BCUT2D eigenvalue weighted by Crippen LogP contribution is -2.44. The molecule has 1 aromatic heterocycles. The van der Waals surface area contributed by atoms with Crippen LogP contribution < -0.4 is 5.32 Å². The van der Waals surface area contributed by atoms with Crippen molar-refractivity contribution in [3.05, 3.63) is 53.4 Å². The van der Waals surface area contributed by atoms with Gasteiger partial charge in [0.25, 0.3) is 0 Å². The smallest absolute Gasteiger partial charge is 0.244 e. The fourth-order valence-corrected chi connectivity index (χ4v) is 3.39. The highest BCUT2D eigenvalue weighted by Crippen LogP contribution is 2.20. The molecule has 2 aromatic rings. The Morgan fingerprint density at radius 2 is 1.96 bits per heavy atom. The van der Waals surface area contributed by atoms with Gasteiger partial charge in [-0.1, -0.05) is 31.0 Å². The maximum Gasteiger partial charge on any atom is 0.244 e. The van der Waals surface area contributed by atoms with Crippen LogP contribution in [0.2, 0.25) is 0 Å². The molecule has 0 saturated heterocycles. The largest absolute Gasteiger partial charge is 0.391 e. The molecule has 3 rings (SSSR count). The molecule has 25 heavy (non-hydrogen) atoms. The molecule has 1 aliphatic carbocycles. The molecule has 2 unspecified atom stereocenters. The molecular formula is C20H25N3O2. The van der Waals surface area contributed by atoms with Crippen LogP contribution in [0.15, 0.2) is 36.4 Å². The topological polar surface area (TPSA) is 67.2 Å². The minimum absolute atomic E-state index is 0.139. The van der Waals surface area contributed by atoms with Gasteiger partial charge in [-0.2, -0.15) is 5.10 Å². The second-order valence-electron chi connectivity index (χ2n) is 6.63. The van der Waals surface area contributed by atoms with Crippen molar-refractivity contribution in [2.45, 2.75) is 51.7 Å². The third-order valence-corrected chi connectivity index (χ3v) is 4.81. The molecule has 1 aliphatic rings. The number of nitrogens with one attached hydrogen (secondary N) is 1. The van der Waals surface area contributed by atoms with Gasteiger partial charge in [0.1, 0.15) is 0 Å². The minimum Gasteiger partial charge on any atom is -0.391 e. The summed E-state index contributed by atoms with van der Waals surface area (Å²) in [4.78, 5) is 12.2. The second-order valence-corrected chi connectivity index (χ2v) is 6.63. The molecule has 1 amide bonds. The fourth-order valence-electron chi connectivity index (χ4n) is 3.39. The van der Waals surface area contributed by atoms with E-state index in [-0.39, 0.29) is 11.9 Å². The summed E-state index contributed by atoms with van der Waals surface area (Å²) in [6, 6.07) is 9.79. The number of aromatic nitrogens is 2. The molecule has 0 radical (unpaired) electrons. The van der Waals surface area contributed by atoms with Crippen molar-refractivity contribution in [1.82, 2.24) is 15.1 Å². The van der Waals surface area contributed by atoms with E-state index in [4.69, 9.17) is 0 Å². The zero-order valence-electron chi connectivity index (χ0n) is 14.8. The molecule has 0 bridgehead atoms. The van der Waals surface area contributed by atoms with Gasteiger partial charge in [-0.15, -0.1) is 0 Å². The molecule has 1 fully saturated rings. The van der Waals surface area contributed by atoms with E-state index in [0.717, 1.165) is 48.3 Å². The summed E-state index contributed by atoms with van der Waals surface area (Å²) in [5.41, 5.74) is 3.81. The first kappa shape index (κ1) is 17.4. The van der Waals surface area contributed by atoms with Crippen molar-refractivity contribution in [2.75, 3.05) is 0 Å². The number of carbonyl (C=O) groups is 1. The summed E-state index contributed by atoms with van der Waals surface area (Å²) in [7, 11) is 0. The van der Waals surface area contributed by atoms with E-state index in [0.29, 0.717) is 0 Å². The molecule has 1 aromatic carbocycles. The molecule has 1 saturated carbocycles. The number of benzene rings is 1. The first-order valence-electron chi connectivity index (χ1n) is 8.84. The Morgan fingerprint density at radius 1 is 1.24 bits per heavy atom. The van der Waals surface area contributed by atoms with Crippen LogP contribution in [0, 0.1) is 13.8 Å². The SMILES string of the molecule is Cc1nn(-c2ccccc2)c(C)c1/C=C/C(=O)NC1CCCCC1O. The summed E-state index contributed by atoms with van der Waals surface area (Å²) in [6.45, 7) is 3.93. The number of aryl methyl sites for hydroxylation is 1. The molecule has 2 N–H and O–H groups in total. The quantitative estimate of drug-likeness (QED) is 0.842. The summed E-state index contributed by atoms with van der Waals surface area (Å²) in [5, 5.41) is 17.5. The maximum absolute atomic E-state index is 12.2. The highest BCUT2D eigenvalue weighted by atomic mass is 16.3. The predicted molar refractivity (Wildman–Crippen MR) is 98.5 cm³/mol. The number of aliphatic hydroxyl groups excluding tert-OH is 1. The Morgan fingerprint density at radius 3 is 2.68 bits per heavy atom. The normalized spacial score (nSPS) is 20.8. The molecule has 0 aliphatic heterocycles. The fraction of sp³-hybridized carbons (Fsp3) is 0.400. The predicted octanol–water partition coefficient (Wildman–Crippen LogP) is 2.92. The standard InChI is InChI=1S/C20H25N3O2/c1-14-17(15(2)23(22-14)16-8-4-3-5-9-16)12-13-20(25)21-18-10-6-7-11-19(18)24/h3-5,8-9,12-13,18-19,24H,6-7,10-11H2,1-2H3,(H,21,25)/b13-12+. The van der Waals surface area contributed by atoms with Crippen molar-refractivity contribution < 1.29 is 9.90 Å². The van der Waals surface area contributed by atoms with Gasteiger partial charge in [0, 0.05) is 17.3 Å². The van der Waals surface area contributed by atoms with Gasteiger partial charge in [0.2, 0.25) is 5.91 Å². The zero-order valence-corrected chi connectivity index (χ0v) is 14.8. The van der Waals surface area contributed by atoms with Crippen LogP contribution in [0.3, 0.4) is 0 Å². The van der Waals surface area contributed by atoms with E-state index in [1.807, 2.05) is 54.9 Å². The molecule has 2 atom stereocenters. The lowest BCUT2D eigenvalue weighted by Gasteiger charge is -2.27. The van der Waals surface area contributed by atoms with Crippen molar-refractivity contribution >= 4 is 12.0 Å². The average Bonchev–Trinajstić information content (AvgIpc) is 2.90. The lowest BCUT2D eigenvalue weighted by molar-refractivity contribution is -0.118. The lowest BCUT2D eigenvalue weighted by atomic mass is 9.92. The van der Waals surface area contributed by atoms with E-state index >= 15 is 0 Å². The number of hydrogen-bond acceptors (Lipinski definition) is 3. The van der Waals surface area contributed by atoms with Gasteiger partial charge in [-0.3, -0.25) is 4.79 Å². The molecule has 1 heterocycles. The summed E-state index contributed by atoms with van der Waals surface area (Å²) >= 11 is 0. The number of aliphatic hydroxyl groups is 1. The highest BCUT2D eigenvalue weighted by Gasteiger charge is 2.23. The Hall–Kier alpha value is -2.40. The number of carbonyl (C=O) groups excluding carboxylic acids is 1. The van der Waals surface area contributed by atoms with E-state index < -0.39 is 6.10 Å². The monoisotopic (exact) mass is 339 g/mol. The minimum atomic E-state index is -0.435. The van der Waals surface area contributed by atoms with Crippen LogP contribution in [-0.4, -0.2) is 32.9 Å². The van der Waals surface area contributed by atoms with Crippen LogP contribution in [0.25, 0.3) is 11.8 Å². The van der Waals surface area contributed by atoms with Gasteiger partial charge < -0.3 is 10.4 Å². The number of nitrogens with zero attached hydrogens (tertiary/aromatic N) is 2. The Bertz CT molecular complexity index is 765. The van der Waals surface area contributed by atoms with Crippen LogP contribution in [0.4, 0.5) is 0 Å². The molecule has 5 heteroatoms. The van der Waals surface area contributed by atoms with E-state index in [9.17, 15) is 9.90 Å².